The summed E-state index contributed by atoms with van der Waals surface area (Å²) in [6, 6.07) is 10.1. The fraction of sp³-hybridized carbons (Fsp3) is 0.474. The molecule has 0 saturated heterocycles. The second kappa shape index (κ2) is 8.51. The zero-order valence-corrected chi connectivity index (χ0v) is 13.5. The fourth-order valence-electron chi connectivity index (χ4n) is 3.25. The first kappa shape index (κ1) is 17.3. The van der Waals surface area contributed by atoms with E-state index < -0.39 is 5.97 Å². The number of carbonyl (C=O) groups is 2. The van der Waals surface area contributed by atoms with Crippen molar-refractivity contribution in [1.29, 1.82) is 0 Å². The lowest BCUT2D eigenvalue weighted by Gasteiger charge is -2.31. The summed E-state index contributed by atoms with van der Waals surface area (Å²) in [4.78, 5) is 25.8. The summed E-state index contributed by atoms with van der Waals surface area (Å²) >= 11 is 0. The molecule has 0 aromatic heterocycles. The van der Waals surface area contributed by atoms with Crippen molar-refractivity contribution in [3.8, 4) is 0 Å². The summed E-state index contributed by atoms with van der Waals surface area (Å²) in [5.74, 6) is -1.24. The largest absolute Gasteiger partial charge is 0.481 e. The van der Waals surface area contributed by atoms with Crippen molar-refractivity contribution in [2.45, 2.75) is 32.1 Å². The van der Waals surface area contributed by atoms with Gasteiger partial charge in [0.05, 0.1) is 5.92 Å². The topological polar surface area (TPSA) is 57.6 Å². The van der Waals surface area contributed by atoms with Crippen LogP contribution in [0.4, 0.5) is 0 Å². The Hall–Kier alpha value is -2.10. The quantitative estimate of drug-likeness (QED) is 0.786. The van der Waals surface area contributed by atoms with E-state index in [1.165, 1.54) is 5.56 Å². The number of hydrogen-bond donors (Lipinski definition) is 1. The first-order valence-electron chi connectivity index (χ1n) is 8.28. The highest BCUT2D eigenvalue weighted by Crippen LogP contribution is 2.30. The van der Waals surface area contributed by atoms with Crippen molar-refractivity contribution in [2.75, 3.05) is 13.1 Å². The van der Waals surface area contributed by atoms with E-state index in [-0.39, 0.29) is 17.7 Å². The summed E-state index contributed by atoms with van der Waals surface area (Å²) in [5.41, 5.74) is 1.20. The lowest BCUT2D eigenvalue weighted by molar-refractivity contribution is -0.145. The molecule has 1 aromatic rings. The third-order valence-electron chi connectivity index (χ3n) is 4.55. The van der Waals surface area contributed by atoms with Crippen LogP contribution in [0.15, 0.2) is 43.0 Å². The molecule has 1 N–H and O–H groups in total. The van der Waals surface area contributed by atoms with Crippen LogP contribution in [-0.2, 0) is 16.0 Å². The van der Waals surface area contributed by atoms with Gasteiger partial charge in [0.15, 0.2) is 0 Å². The van der Waals surface area contributed by atoms with Crippen molar-refractivity contribution < 1.29 is 14.7 Å². The van der Waals surface area contributed by atoms with Gasteiger partial charge in [0.2, 0.25) is 5.91 Å². The molecule has 1 aromatic carbocycles. The molecule has 23 heavy (non-hydrogen) atoms. The Morgan fingerprint density at radius 2 is 1.91 bits per heavy atom. The van der Waals surface area contributed by atoms with E-state index in [2.05, 4.69) is 18.7 Å². The number of hydrogen-bond acceptors (Lipinski definition) is 2. The Labute approximate surface area is 137 Å². The van der Waals surface area contributed by atoms with Crippen LogP contribution in [0.5, 0.6) is 0 Å². The molecule has 2 rings (SSSR count). The van der Waals surface area contributed by atoms with Crippen LogP contribution in [-0.4, -0.2) is 35.0 Å². The summed E-state index contributed by atoms with van der Waals surface area (Å²) in [7, 11) is 0. The Bertz CT molecular complexity index is 541. The number of carbonyl (C=O) groups excluding carboxylic acids is 1. The van der Waals surface area contributed by atoms with Gasteiger partial charge in [0.1, 0.15) is 0 Å². The maximum Gasteiger partial charge on any atom is 0.306 e. The molecule has 1 fully saturated rings. The van der Waals surface area contributed by atoms with E-state index in [1.54, 1.807) is 6.08 Å². The molecule has 0 radical (unpaired) electrons. The number of aliphatic carboxylic acids is 1. The van der Waals surface area contributed by atoms with Gasteiger partial charge in [0.25, 0.3) is 0 Å². The average Bonchev–Trinajstić information content (AvgIpc) is 2.59. The summed E-state index contributed by atoms with van der Waals surface area (Å²) in [5, 5.41) is 9.19. The van der Waals surface area contributed by atoms with Gasteiger partial charge in [0, 0.05) is 19.0 Å². The van der Waals surface area contributed by atoms with Crippen molar-refractivity contribution in [2.24, 2.45) is 11.8 Å². The molecule has 124 valence electrons. The number of amides is 1. The van der Waals surface area contributed by atoms with E-state index in [4.69, 9.17) is 0 Å². The minimum atomic E-state index is -0.776. The highest BCUT2D eigenvalue weighted by molar-refractivity contribution is 5.80. The molecule has 0 spiro atoms. The average molecular weight is 315 g/mol. The Morgan fingerprint density at radius 1 is 1.22 bits per heavy atom. The highest BCUT2D eigenvalue weighted by Gasteiger charge is 2.32. The van der Waals surface area contributed by atoms with Gasteiger partial charge < -0.3 is 10.0 Å². The van der Waals surface area contributed by atoms with Crippen molar-refractivity contribution in [3.05, 3.63) is 48.6 Å². The molecule has 0 aliphatic heterocycles. The zero-order valence-electron chi connectivity index (χ0n) is 13.5. The van der Waals surface area contributed by atoms with Crippen LogP contribution in [0, 0.1) is 11.8 Å². The van der Waals surface area contributed by atoms with Gasteiger partial charge in [-0.15, -0.1) is 6.58 Å². The van der Waals surface area contributed by atoms with Crippen molar-refractivity contribution in [3.63, 3.8) is 0 Å². The maximum atomic E-state index is 12.8. The normalized spacial score (nSPS) is 20.7. The lowest BCUT2D eigenvalue weighted by atomic mass is 9.80. The Kier molecular flexibility index (Phi) is 6.39. The molecule has 1 aliphatic carbocycles. The van der Waals surface area contributed by atoms with Gasteiger partial charge in [-0.05, 0) is 31.2 Å². The van der Waals surface area contributed by atoms with Gasteiger partial charge in [-0.2, -0.15) is 0 Å². The standard InChI is InChI=1S/C19H25NO3/c1-2-12-20(13-11-15-7-4-3-5-8-15)18(21)16-9-6-10-17(14-16)19(22)23/h2-5,7-8,16-17H,1,6,9-14H2,(H,22,23). The van der Waals surface area contributed by atoms with Crippen LogP contribution in [0.2, 0.25) is 0 Å². The Morgan fingerprint density at radius 3 is 2.57 bits per heavy atom. The van der Waals surface area contributed by atoms with Crippen LogP contribution < -0.4 is 0 Å². The number of carboxylic acid groups (broad SMARTS) is 1. The second-order valence-electron chi connectivity index (χ2n) is 6.21. The number of carboxylic acids is 1. The van der Waals surface area contributed by atoms with Crippen LogP contribution in [0.1, 0.15) is 31.2 Å². The maximum absolute atomic E-state index is 12.8. The van der Waals surface area contributed by atoms with Crippen LogP contribution >= 0.6 is 0 Å². The van der Waals surface area contributed by atoms with E-state index >= 15 is 0 Å². The first-order chi connectivity index (χ1) is 11.1. The number of nitrogens with zero attached hydrogens (tertiary/aromatic N) is 1. The fourth-order valence-corrected chi connectivity index (χ4v) is 3.25. The molecule has 0 bridgehead atoms. The van der Waals surface area contributed by atoms with Gasteiger partial charge >= 0.3 is 5.97 Å². The molecule has 1 aliphatic rings. The summed E-state index contributed by atoms with van der Waals surface area (Å²) in [6.45, 7) is 4.89. The van der Waals surface area contributed by atoms with Crippen LogP contribution in [0.25, 0.3) is 0 Å². The highest BCUT2D eigenvalue weighted by atomic mass is 16.4. The van der Waals surface area contributed by atoms with E-state index in [0.717, 1.165) is 19.3 Å². The summed E-state index contributed by atoms with van der Waals surface area (Å²) in [6.07, 6.45) is 5.29. The molecule has 4 nitrogen and oxygen atoms in total. The van der Waals surface area contributed by atoms with Crippen molar-refractivity contribution in [1.82, 2.24) is 4.90 Å². The lowest BCUT2D eigenvalue weighted by Crippen LogP contribution is -2.40. The molecular weight excluding hydrogens is 290 g/mol. The minimum Gasteiger partial charge on any atom is -0.481 e. The monoisotopic (exact) mass is 315 g/mol. The van der Waals surface area contributed by atoms with Gasteiger partial charge in [-0.3, -0.25) is 9.59 Å². The smallest absolute Gasteiger partial charge is 0.306 e. The summed E-state index contributed by atoms with van der Waals surface area (Å²) < 4.78 is 0. The number of rotatable bonds is 7. The predicted octanol–water partition coefficient (Wildman–Crippen LogP) is 3.13. The first-order valence-corrected chi connectivity index (χ1v) is 8.28. The molecule has 0 heterocycles. The third-order valence-corrected chi connectivity index (χ3v) is 4.55. The van der Waals surface area contributed by atoms with E-state index in [0.29, 0.717) is 25.9 Å². The van der Waals surface area contributed by atoms with Crippen LogP contribution in [0.3, 0.4) is 0 Å². The SMILES string of the molecule is C=CCN(CCc1ccccc1)C(=O)C1CCCC(C(=O)O)C1. The molecule has 4 heteroatoms. The van der Waals surface area contributed by atoms with E-state index in [1.807, 2.05) is 23.1 Å². The Balaban J connectivity index is 1.97. The van der Waals surface area contributed by atoms with Crippen molar-refractivity contribution >= 4 is 11.9 Å². The molecule has 1 amide bonds. The van der Waals surface area contributed by atoms with Gasteiger partial charge in [-0.25, -0.2) is 0 Å². The minimum absolute atomic E-state index is 0.0757. The predicted molar refractivity (Wildman–Crippen MR) is 90.0 cm³/mol. The molecule has 1 saturated carbocycles. The van der Waals surface area contributed by atoms with Gasteiger partial charge in [-0.1, -0.05) is 42.8 Å². The number of benzene rings is 1. The second-order valence-corrected chi connectivity index (χ2v) is 6.21. The third kappa shape index (κ3) is 4.95. The molecule has 2 unspecified atom stereocenters. The molecular formula is C19H25NO3. The molecule has 2 atom stereocenters. The zero-order chi connectivity index (χ0) is 16.7. The van der Waals surface area contributed by atoms with E-state index in [9.17, 15) is 14.7 Å².